The maximum absolute atomic E-state index is 13.5. The van der Waals surface area contributed by atoms with Crippen LogP contribution in [0.4, 0.5) is 11.4 Å². The van der Waals surface area contributed by atoms with Crippen LogP contribution in [0.3, 0.4) is 0 Å². The van der Waals surface area contributed by atoms with Gasteiger partial charge in [0.1, 0.15) is 10.6 Å². The number of ether oxygens (including phenoxy) is 2. The van der Waals surface area contributed by atoms with Gasteiger partial charge in [-0.1, -0.05) is 29.8 Å². The van der Waals surface area contributed by atoms with Crippen molar-refractivity contribution in [3.05, 3.63) is 82.4 Å². The maximum atomic E-state index is 13.5. The molecule has 36 heavy (non-hydrogen) atoms. The summed E-state index contributed by atoms with van der Waals surface area (Å²) < 4.78 is 38.5. The Bertz CT molecular complexity index is 1410. The Labute approximate surface area is 214 Å². The average Bonchev–Trinajstić information content (AvgIpc) is 3.29. The normalized spacial score (nSPS) is 12.7. The Balaban J connectivity index is 1.55. The molecule has 0 unspecified atom stereocenters. The summed E-state index contributed by atoms with van der Waals surface area (Å²) in [6, 6.07) is 16.3. The van der Waals surface area contributed by atoms with E-state index in [2.05, 4.69) is 5.32 Å². The van der Waals surface area contributed by atoms with Crippen LogP contribution in [0.5, 0.6) is 5.75 Å². The highest BCUT2D eigenvalue weighted by Gasteiger charge is 2.33. The van der Waals surface area contributed by atoms with E-state index in [4.69, 9.17) is 21.1 Å². The van der Waals surface area contributed by atoms with Crippen LogP contribution < -0.4 is 14.4 Å². The fraction of sp³-hybridized carbons (Fsp3) is 0.231. The third-order valence-electron chi connectivity index (χ3n) is 5.76. The van der Waals surface area contributed by atoms with Gasteiger partial charge in [0.2, 0.25) is 0 Å². The highest BCUT2D eigenvalue weighted by molar-refractivity contribution is 7.93. The molecule has 1 aliphatic heterocycles. The molecule has 0 aromatic heterocycles. The summed E-state index contributed by atoms with van der Waals surface area (Å²) in [4.78, 5) is 24.5. The molecular formula is C26H25ClN2O6S. The number of anilines is 2. The Morgan fingerprint density at radius 1 is 1.06 bits per heavy atom. The zero-order valence-corrected chi connectivity index (χ0v) is 21.4. The van der Waals surface area contributed by atoms with E-state index in [1.165, 1.54) is 23.5 Å². The number of carbonyl (C=O) groups excluding carboxylic acids is 2. The summed E-state index contributed by atoms with van der Waals surface area (Å²) >= 11 is 6.06. The van der Waals surface area contributed by atoms with Gasteiger partial charge in [0.05, 0.1) is 25.8 Å². The number of sulfonamides is 1. The van der Waals surface area contributed by atoms with Crippen LogP contribution in [-0.4, -0.2) is 40.6 Å². The first-order valence-corrected chi connectivity index (χ1v) is 13.1. The van der Waals surface area contributed by atoms with Gasteiger partial charge in [0.15, 0.2) is 0 Å². The van der Waals surface area contributed by atoms with Gasteiger partial charge < -0.3 is 14.8 Å². The zero-order valence-electron chi connectivity index (χ0n) is 19.8. The lowest BCUT2D eigenvalue weighted by molar-refractivity contribution is -0.142. The molecule has 4 rings (SSSR count). The van der Waals surface area contributed by atoms with Gasteiger partial charge in [-0.3, -0.25) is 13.9 Å². The maximum Gasteiger partial charge on any atom is 0.310 e. The topological polar surface area (TPSA) is 102 Å². The molecule has 1 N–H and O–H groups in total. The minimum absolute atomic E-state index is 0.0388. The molecule has 0 atom stereocenters. The first-order valence-electron chi connectivity index (χ1n) is 11.3. The van der Waals surface area contributed by atoms with Crippen molar-refractivity contribution in [1.29, 1.82) is 0 Å². The second-order valence-corrected chi connectivity index (χ2v) is 10.4. The molecule has 0 fully saturated rings. The third kappa shape index (κ3) is 5.32. The predicted octanol–water partition coefficient (Wildman–Crippen LogP) is 4.46. The molecule has 1 aliphatic rings. The van der Waals surface area contributed by atoms with Gasteiger partial charge in [0.25, 0.3) is 15.9 Å². The number of halogens is 1. The molecule has 0 radical (unpaired) electrons. The average molecular weight is 529 g/mol. The van der Waals surface area contributed by atoms with Crippen molar-refractivity contribution in [3.63, 3.8) is 0 Å². The predicted molar refractivity (Wildman–Crippen MR) is 137 cm³/mol. The van der Waals surface area contributed by atoms with Gasteiger partial charge in [-0.2, -0.15) is 0 Å². The fourth-order valence-electron chi connectivity index (χ4n) is 4.00. The van der Waals surface area contributed by atoms with Crippen LogP contribution in [0, 0.1) is 0 Å². The van der Waals surface area contributed by atoms with Crippen LogP contribution >= 0.6 is 11.6 Å². The quantitative estimate of drug-likeness (QED) is 0.433. The number of hydrogen-bond donors (Lipinski definition) is 1. The summed E-state index contributed by atoms with van der Waals surface area (Å²) in [5.41, 5.74) is 2.88. The minimum atomic E-state index is -3.98. The fourth-order valence-corrected chi connectivity index (χ4v) is 5.92. The van der Waals surface area contributed by atoms with Crippen molar-refractivity contribution in [3.8, 4) is 5.75 Å². The number of carbonyl (C=O) groups is 2. The number of benzene rings is 3. The van der Waals surface area contributed by atoms with Crippen molar-refractivity contribution in [2.75, 3.05) is 29.9 Å². The molecule has 0 saturated heterocycles. The zero-order chi connectivity index (χ0) is 25.9. The number of methoxy groups -OCH3 is 1. The first kappa shape index (κ1) is 25.5. The Morgan fingerprint density at radius 2 is 1.81 bits per heavy atom. The molecular weight excluding hydrogens is 504 g/mol. The first-order chi connectivity index (χ1) is 17.2. The van der Waals surface area contributed by atoms with Crippen LogP contribution in [0.1, 0.15) is 28.4 Å². The van der Waals surface area contributed by atoms with Gasteiger partial charge >= 0.3 is 5.97 Å². The van der Waals surface area contributed by atoms with Crippen LogP contribution in [0.15, 0.2) is 65.6 Å². The van der Waals surface area contributed by atoms with Gasteiger partial charge in [-0.05, 0) is 66.9 Å². The van der Waals surface area contributed by atoms with E-state index in [0.29, 0.717) is 30.0 Å². The number of nitrogens with zero attached hydrogens (tertiary/aromatic N) is 1. The molecule has 8 nitrogen and oxygen atoms in total. The van der Waals surface area contributed by atoms with Crippen molar-refractivity contribution >= 4 is 44.9 Å². The lowest BCUT2D eigenvalue weighted by Gasteiger charge is -2.21. The molecule has 10 heteroatoms. The second kappa shape index (κ2) is 10.6. The van der Waals surface area contributed by atoms with Crippen molar-refractivity contribution < 1.29 is 27.5 Å². The van der Waals surface area contributed by atoms with Gasteiger partial charge in [-0.25, -0.2) is 8.42 Å². The Morgan fingerprint density at radius 3 is 2.50 bits per heavy atom. The molecule has 0 spiro atoms. The number of hydrogen-bond acceptors (Lipinski definition) is 6. The summed E-state index contributed by atoms with van der Waals surface area (Å²) in [7, 11) is -2.59. The van der Waals surface area contributed by atoms with E-state index in [-0.39, 0.29) is 40.5 Å². The summed E-state index contributed by atoms with van der Waals surface area (Å²) in [6.07, 6.45) is 0.663. The largest absolute Gasteiger partial charge is 0.495 e. The van der Waals surface area contributed by atoms with Crippen LogP contribution in [-0.2, 0) is 32.4 Å². The second-order valence-electron chi connectivity index (χ2n) is 8.10. The number of fused-ring (bicyclic) bond motifs is 1. The molecule has 1 amide bonds. The standard InChI is InChI=1S/C26H25ClN2O6S/c1-3-35-25(30)14-17-4-9-21(10-5-17)28-26(31)19-7-6-18-12-13-29(22(18)15-19)36(32,33)24-16-20(27)8-11-23(24)34-2/h4-11,15-16H,3,12-14H2,1-2H3,(H,28,31). The van der Waals surface area contributed by atoms with Crippen molar-refractivity contribution in [2.24, 2.45) is 0 Å². The molecule has 1 heterocycles. The highest BCUT2D eigenvalue weighted by Crippen LogP contribution is 2.37. The number of nitrogens with one attached hydrogen (secondary N) is 1. The van der Waals surface area contributed by atoms with E-state index >= 15 is 0 Å². The number of amides is 1. The summed E-state index contributed by atoms with van der Waals surface area (Å²) in [5.74, 6) is -0.518. The van der Waals surface area contributed by atoms with Gasteiger partial charge in [-0.15, -0.1) is 0 Å². The molecule has 0 bridgehead atoms. The van der Waals surface area contributed by atoms with Gasteiger partial charge in [0, 0.05) is 22.8 Å². The molecule has 0 aliphatic carbocycles. The van der Waals surface area contributed by atoms with E-state index < -0.39 is 10.0 Å². The van der Waals surface area contributed by atoms with E-state index in [0.717, 1.165) is 11.1 Å². The van der Waals surface area contributed by atoms with Crippen molar-refractivity contribution in [2.45, 2.75) is 24.7 Å². The van der Waals surface area contributed by atoms with E-state index in [9.17, 15) is 18.0 Å². The number of rotatable bonds is 8. The monoisotopic (exact) mass is 528 g/mol. The Hall–Kier alpha value is -3.56. The molecule has 0 saturated carbocycles. The SMILES string of the molecule is CCOC(=O)Cc1ccc(NC(=O)c2ccc3c(c2)N(S(=O)(=O)c2cc(Cl)ccc2OC)CC3)cc1. The summed E-state index contributed by atoms with van der Waals surface area (Å²) in [6.45, 7) is 2.30. The van der Waals surface area contributed by atoms with E-state index in [1.807, 2.05) is 0 Å². The molecule has 3 aromatic carbocycles. The highest BCUT2D eigenvalue weighted by atomic mass is 35.5. The van der Waals surface area contributed by atoms with E-state index in [1.54, 1.807) is 55.5 Å². The summed E-state index contributed by atoms with van der Waals surface area (Å²) in [5, 5.41) is 3.08. The Kier molecular flexibility index (Phi) is 7.51. The lowest BCUT2D eigenvalue weighted by atomic mass is 10.1. The number of esters is 1. The lowest BCUT2D eigenvalue weighted by Crippen LogP contribution is -2.29. The minimum Gasteiger partial charge on any atom is -0.495 e. The van der Waals surface area contributed by atoms with Crippen molar-refractivity contribution in [1.82, 2.24) is 0 Å². The molecule has 188 valence electrons. The smallest absolute Gasteiger partial charge is 0.310 e. The van der Waals surface area contributed by atoms with Crippen LogP contribution in [0.2, 0.25) is 5.02 Å². The van der Waals surface area contributed by atoms with Crippen LogP contribution in [0.25, 0.3) is 0 Å². The third-order valence-corrected chi connectivity index (χ3v) is 7.83. The molecule has 3 aromatic rings.